The van der Waals surface area contributed by atoms with Crippen molar-refractivity contribution in [3.8, 4) is 23.3 Å². The molecule has 0 amide bonds. The largest absolute Gasteiger partial charge is 0.497 e. The fraction of sp³-hybridized carbons (Fsp3) is 0.304. The third-order valence-electron chi connectivity index (χ3n) is 3.81. The first-order chi connectivity index (χ1) is 14.4. The second-order valence-corrected chi connectivity index (χ2v) is 6.65. The number of hydrogen-bond donors (Lipinski definition) is 0. The quantitative estimate of drug-likeness (QED) is 0.452. The minimum Gasteiger partial charge on any atom is -0.497 e. The number of esters is 2. The summed E-state index contributed by atoms with van der Waals surface area (Å²) in [5.41, 5.74) is 1.57. The molecule has 6 nitrogen and oxygen atoms in total. The number of unbranched alkanes of at least 4 members (excludes halogenated alkanes) is 1. The van der Waals surface area contributed by atoms with Crippen molar-refractivity contribution in [2.24, 2.45) is 0 Å². The number of ether oxygens (including phenoxy) is 4. The summed E-state index contributed by atoms with van der Waals surface area (Å²) < 4.78 is 20.1. The van der Waals surface area contributed by atoms with Crippen molar-refractivity contribution in [1.29, 1.82) is 0 Å². The van der Waals surface area contributed by atoms with Gasteiger partial charge in [-0.2, -0.15) is 0 Å². The van der Waals surface area contributed by atoms with Crippen LogP contribution in [0.1, 0.15) is 46.0 Å². The van der Waals surface area contributed by atoms with E-state index in [-0.39, 0.29) is 5.97 Å². The Kier molecular flexibility index (Phi) is 11.1. The van der Waals surface area contributed by atoms with Crippen LogP contribution < -0.4 is 9.47 Å². The lowest BCUT2D eigenvalue weighted by Crippen LogP contribution is -2.04. The Bertz CT molecular complexity index is 927. The summed E-state index contributed by atoms with van der Waals surface area (Å²) in [6, 6.07) is 10.3. The zero-order chi connectivity index (χ0) is 22.5. The second-order valence-electron chi connectivity index (χ2n) is 5.79. The van der Waals surface area contributed by atoms with Gasteiger partial charge >= 0.3 is 11.9 Å². The molecule has 7 heteroatoms. The molecule has 2 rings (SSSR count). The predicted octanol–water partition coefficient (Wildman–Crippen LogP) is 4.88. The zero-order valence-electron chi connectivity index (χ0n) is 17.7. The molecular formula is C23H25BrO6. The predicted molar refractivity (Wildman–Crippen MR) is 118 cm³/mol. The van der Waals surface area contributed by atoms with Gasteiger partial charge in [-0.05, 0) is 58.7 Å². The van der Waals surface area contributed by atoms with Gasteiger partial charge in [0, 0.05) is 16.5 Å². The highest BCUT2D eigenvalue weighted by Gasteiger charge is 2.12. The van der Waals surface area contributed by atoms with Gasteiger partial charge in [0.05, 0.1) is 39.6 Å². The van der Waals surface area contributed by atoms with Gasteiger partial charge in [0.25, 0.3) is 0 Å². The zero-order valence-corrected chi connectivity index (χ0v) is 19.3. The molecule has 0 atom stereocenters. The Balaban J connectivity index is 0.000000311. The van der Waals surface area contributed by atoms with Crippen LogP contribution in [0.2, 0.25) is 0 Å². The van der Waals surface area contributed by atoms with Crippen LogP contribution in [0.4, 0.5) is 0 Å². The van der Waals surface area contributed by atoms with E-state index >= 15 is 0 Å². The Labute approximate surface area is 185 Å². The minimum absolute atomic E-state index is 0.384. The Morgan fingerprint density at radius 1 is 0.867 bits per heavy atom. The molecule has 30 heavy (non-hydrogen) atoms. The standard InChI is InChI=1S/C14H16O3.C9H9BrO3/c1-4-5-6-7-11-8-9-12(16-2)10-13(11)14(15)17-3;1-12-6-3-4-8(10)7(5-6)9(11)13-2/h8-10H,4-5H2,1-3H3;3-5H,1-2H3. The van der Waals surface area contributed by atoms with Gasteiger partial charge in [-0.15, -0.1) is 0 Å². The first-order valence-electron chi connectivity index (χ1n) is 9.08. The van der Waals surface area contributed by atoms with E-state index < -0.39 is 5.97 Å². The van der Waals surface area contributed by atoms with Gasteiger partial charge in [0.1, 0.15) is 11.5 Å². The van der Waals surface area contributed by atoms with Crippen molar-refractivity contribution in [2.75, 3.05) is 28.4 Å². The third kappa shape index (κ3) is 7.45. The van der Waals surface area contributed by atoms with E-state index in [1.165, 1.54) is 14.2 Å². The summed E-state index contributed by atoms with van der Waals surface area (Å²) in [4.78, 5) is 22.8. The fourth-order valence-corrected chi connectivity index (χ4v) is 2.63. The number of rotatable bonds is 5. The topological polar surface area (TPSA) is 71.1 Å². The number of hydrogen-bond acceptors (Lipinski definition) is 6. The molecule has 0 saturated carbocycles. The molecule has 0 spiro atoms. The molecule has 0 N–H and O–H groups in total. The third-order valence-corrected chi connectivity index (χ3v) is 4.50. The molecule has 2 aromatic carbocycles. The van der Waals surface area contributed by atoms with Crippen molar-refractivity contribution >= 4 is 27.9 Å². The summed E-state index contributed by atoms with van der Waals surface area (Å²) in [5, 5.41) is 0. The lowest BCUT2D eigenvalue weighted by Gasteiger charge is -2.05. The molecule has 2 aromatic rings. The van der Waals surface area contributed by atoms with Crippen molar-refractivity contribution in [3.63, 3.8) is 0 Å². The second kappa shape index (κ2) is 13.3. The molecule has 0 heterocycles. The maximum atomic E-state index is 11.6. The highest BCUT2D eigenvalue weighted by Crippen LogP contribution is 2.23. The lowest BCUT2D eigenvalue weighted by molar-refractivity contribution is 0.0591. The minimum atomic E-state index is -0.398. The van der Waals surface area contributed by atoms with Gasteiger partial charge < -0.3 is 18.9 Å². The van der Waals surface area contributed by atoms with E-state index in [0.29, 0.717) is 32.7 Å². The number of carbonyl (C=O) groups is 2. The first-order valence-corrected chi connectivity index (χ1v) is 9.88. The number of halogens is 1. The Morgan fingerprint density at radius 3 is 1.93 bits per heavy atom. The van der Waals surface area contributed by atoms with Crippen molar-refractivity contribution < 1.29 is 28.5 Å². The van der Waals surface area contributed by atoms with Crippen molar-refractivity contribution in [3.05, 3.63) is 57.6 Å². The van der Waals surface area contributed by atoms with E-state index in [0.717, 1.165) is 12.8 Å². The fourth-order valence-electron chi connectivity index (χ4n) is 2.22. The molecule has 0 aliphatic heterocycles. The van der Waals surface area contributed by atoms with Crippen LogP contribution in [0.25, 0.3) is 0 Å². The van der Waals surface area contributed by atoms with Crippen LogP contribution in [-0.2, 0) is 9.47 Å². The van der Waals surface area contributed by atoms with Crippen molar-refractivity contribution in [1.82, 2.24) is 0 Å². The Morgan fingerprint density at radius 2 is 1.40 bits per heavy atom. The van der Waals surface area contributed by atoms with Gasteiger partial charge in [0.2, 0.25) is 0 Å². The normalized spacial score (nSPS) is 9.27. The summed E-state index contributed by atoms with van der Waals surface area (Å²) in [6.07, 6.45) is 1.81. The summed E-state index contributed by atoms with van der Waals surface area (Å²) in [6.45, 7) is 2.06. The SMILES string of the molecule is CCCC#Cc1ccc(OC)cc1C(=O)OC.COC(=O)c1cc(OC)ccc1Br. The molecule has 0 aromatic heterocycles. The molecule has 0 saturated heterocycles. The molecular weight excluding hydrogens is 452 g/mol. The van der Waals surface area contributed by atoms with Crippen LogP contribution in [0.5, 0.6) is 11.5 Å². The molecule has 0 unspecified atom stereocenters. The van der Waals surface area contributed by atoms with Crippen LogP contribution in [-0.4, -0.2) is 40.4 Å². The van der Waals surface area contributed by atoms with Gasteiger partial charge in [-0.3, -0.25) is 0 Å². The molecule has 0 fully saturated rings. The van der Waals surface area contributed by atoms with E-state index in [4.69, 9.17) is 14.2 Å². The van der Waals surface area contributed by atoms with E-state index in [9.17, 15) is 9.59 Å². The molecule has 0 radical (unpaired) electrons. The van der Waals surface area contributed by atoms with Crippen LogP contribution >= 0.6 is 15.9 Å². The molecule has 0 aliphatic carbocycles. The number of carbonyl (C=O) groups excluding carboxylic acids is 2. The molecule has 0 aliphatic rings. The monoisotopic (exact) mass is 476 g/mol. The van der Waals surface area contributed by atoms with E-state index in [1.54, 1.807) is 50.6 Å². The number of benzene rings is 2. The lowest BCUT2D eigenvalue weighted by atomic mass is 10.1. The van der Waals surface area contributed by atoms with Crippen LogP contribution in [0.3, 0.4) is 0 Å². The molecule has 0 bridgehead atoms. The molecule has 160 valence electrons. The first kappa shape index (κ1) is 25.1. The average Bonchev–Trinajstić information content (AvgIpc) is 2.79. The van der Waals surface area contributed by atoms with Gasteiger partial charge in [0.15, 0.2) is 0 Å². The van der Waals surface area contributed by atoms with Crippen molar-refractivity contribution in [2.45, 2.75) is 19.8 Å². The van der Waals surface area contributed by atoms with Gasteiger partial charge in [-0.1, -0.05) is 18.8 Å². The summed E-state index contributed by atoms with van der Waals surface area (Å²) in [7, 11) is 5.79. The smallest absolute Gasteiger partial charge is 0.339 e. The highest BCUT2D eigenvalue weighted by atomic mass is 79.9. The number of methoxy groups -OCH3 is 4. The van der Waals surface area contributed by atoms with Crippen LogP contribution in [0, 0.1) is 11.8 Å². The Hall–Kier alpha value is -2.98. The average molecular weight is 477 g/mol. The van der Waals surface area contributed by atoms with Crippen LogP contribution in [0.15, 0.2) is 40.9 Å². The van der Waals surface area contributed by atoms with E-state index in [2.05, 4.69) is 39.4 Å². The highest BCUT2D eigenvalue weighted by molar-refractivity contribution is 9.10. The summed E-state index contributed by atoms with van der Waals surface area (Å²) in [5.74, 6) is 6.45. The van der Waals surface area contributed by atoms with Gasteiger partial charge in [-0.25, -0.2) is 9.59 Å². The maximum Gasteiger partial charge on any atom is 0.339 e. The van der Waals surface area contributed by atoms with E-state index in [1.807, 2.05) is 0 Å². The summed E-state index contributed by atoms with van der Waals surface area (Å²) >= 11 is 3.24. The maximum absolute atomic E-state index is 11.6.